The van der Waals surface area contributed by atoms with Crippen LogP contribution in [-0.2, 0) is 14.3 Å². The van der Waals surface area contributed by atoms with Crippen LogP contribution in [0.5, 0.6) is 5.75 Å². The van der Waals surface area contributed by atoms with Gasteiger partial charge in [0.2, 0.25) is 0 Å². The maximum absolute atomic E-state index is 13.0. The molecule has 0 spiro atoms. The van der Waals surface area contributed by atoms with Crippen LogP contribution in [-0.4, -0.2) is 31.1 Å². The Labute approximate surface area is 167 Å². The average Bonchev–Trinajstić information content (AvgIpc) is 2.68. The van der Waals surface area contributed by atoms with Crippen LogP contribution in [0.2, 0.25) is 0 Å². The quantitative estimate of drug-likeness (QED) is 0.662. The van der Waals surface area contributed by atoms with Gasteiger partial charge in [-0.2, -0.15) is 0 Å². The number of amides is 1. The van der Waals surface area contributed by atoms with Gasteiger partial charge in [-0.15, -0.1) is 0 Å². The number of hydrogen-bond donors (Lipinski definition) is 0. The lowest BCUT2D eigenvalue weighted by atomic mass is 9.89. The zero-order valence-electron chi connectivity index (χ0n) is 15.4. The van der Waals surface area contributed by atoms with E-state index in [1.54, 1.807) is 18.7 Å². The van der Waals surface area contributed by atoms with E-state index in [0.29, 0.717) is 25.3 Å². The molecule has 142 valence electrons. The number of ether oxygens (including phenoxy) is 2. The third-order valence-corrected chi connectivity index (χ3v) is 5.08. The molecule has 5 nitrogen and oxygen atoms in total. The largest absolute Gasteiger partial charge is 0.481 e. The normalized spacial score (nSPS) is 17.0. The van der Waals surface area contributed by atoms with Gasteiger partial charge < -0.3 is 14.4 Å². The minimum absolute atomic E-state index is 0.132. The van der Waals surface area contributed by atoms with Gasteiger partial charge in [0.15, 0.2) is 6.10 Å². The number of halogens is 1. The Hall–Kier alpha value is -2.34. The fraction of sp³-hybridized carbons (Fsp3) is 0.333. The minimum atomic E-state index is -0.640. The van der Waals surface area contributed by atoms with E-state index in [1.807, 2.05) is 48.5 Å². The van der Waals surface area contributed by atoms with Crippen molar-refractivity contribution in [2.24, 2.45) is 0 Å². The maximum Gasteiger partial charge on any atom is 0.313 e. The first kappa shape index (κ1) is 19.4. The molecule has 1 amide bonds. The molecule has 2 aromatic rings. The lowest BCUT2D eigenvalue weighted by molar-refractivity contribution is -0.145. The second kappa shape index (κ2) is 8.57. The predicted molar refractivity (Wildman–Crippen MR) is 107 cm³/mol. The van der Waals surface area contributed by atoms with Crippen molar-refractivity contribution in [3.05, 3.63) is 58.6 Å². The molecule has 6 heteroatoms. The van der Waals surface area contributed by atoms with E-state index < -0.39 is 6.10 Å². The maximum atomic E-state index is 13.0. The van der Waals surface area contributed by atoms with E-state index in [2.05, 4.69) is 15.9 Å². The molecule has 0 saturated heterocycles. The fourth-order valence-corrected chi connectivity index (χ4v) is 3.53. The van der Waals surface area contributed by atoms with E-state index in [0.717, 1.165) is 15.7 Å². The summed E-state index contributed by atoms with van der Waals surface area (Å²) in [7, 11) is 0. The second-order valence-electron chi connectivity index (χ2n) is 6.36. The van der Waals surface area contributed by atoms with Gasteiger partial charge in [0, 0.05) is 16.7 Å². The van der Waals surface area contributed by atoms with Crippen molar-refractivity contribution in [2.45, 2.75) is 32.3 Å². The Kier molecular flexibility index (Phi) is 6.16. The van der Waals surface area contributed by atoms with Gasteiger partial charge in [-0.1, -0.05) is 34.1 Å². The van der Waals surface area contributed by atoms with Crippen molar-refractivity contribution in [1.29, 1.82) is 0 Å². The van der Waals surface area contributed by atoms with Crippen molar-refractivity contribution >= 4 is 33.5 Å². The molecule has 0 aliphatic carbocycles. The van der Waals surface area contributed by atoms with Crippen LogP contribution < -0.4 is 9.64 Å². The van der Waals surface area contributed by atoms with E-state index in [-0.39, 0.29) is 17.8 Å². The van der Waals surface area contributed by atoms with Gasteiger partial charge >= 0.3 is 5.97 Å². The number of benzene rings is 2. The van der Waals surface area contributed by atoms with Crippen molar-refractivity contribution in [2.75, 3.05) is 18.1 Å². The van der Waals surface area contributed by atoms with Crippen molar-refractivity contribution in [3.8, 4) is 5.75 Å². The molecular formula is C21H22BrNO4. The first-order valence-electron chi connectivity index (χ1n) is 9.00. The summed E-state index contributed by atoms with van der Waals surface area (Å²) in [6.45, 7) is 4.33. The Morgan fingerprint density at radius 3 is 2.59 bits per heavy atom. The molecule has 3 rings (SSSR count). The first-order chi connectivity index (χ1) is 13.0. The SMILES string of the molecule is CCOC(=O)[C@H]1CCN(C(=O)[C@@H](C)Oc2ccc(Br)cc2)c2ccccc21. The van der Waals surface area contributed by atoms with E-state index in [4.69, 9.17) is 9.47 Å². The summed E-state index contributed by atoms with van der Waals surface area (Å²) in [6.07, 6.45) is -0.106. The molecule has 27 heavy (non-hydrogen) atoms. The van der Waals surface area contributed by atoms with Gasteiger partial charge in [-0.3, -0.25) is 9.59 Å². The number of rotatable bonds is 5. The van der Waals surface area contributed by atoms with Gasteiger partial charge in [0.1, 0.15) is 5.75 Å². The highest BCUT2D eigenvalue weighted by molar-refractivity contribution is 9.10. The Balaban J connectivity index is 1.79. The number of nitrogens with zero attached hydrogens (tertiary/aromatic N) is 1. The zero-order valence-corrected chi connectivity index (χ0v) is 16.9. The summed E-state index contributed by atoms with van der Waals surface area (Å²) in [5.41, 5.74) is 1.57. The van der Waals surface area contributed by atoms with Gasteiger partial charge in [-0.05, 0) is 56.2 Å². The number of para-hydroxylation sites is 1. The molecule has 1 aliphatic rings. The first-order valence-corrected chi connectivity index (χ1v) is 9.79. The van der Waals surface area contributed by atoms with Crippen molar-refractivity contribution < 1.29 is 19.1 Å². The second-order valence-corrected chi connectivity index (χ2v) is 7.27. The molecule has 0 bridgehead atoms. The molecule has 1 aliphatic heterocycles. The lowest BCUT2D eigenvalue weighted by Gasteiger charge is -2.34. The number of anilines is 1. The standard InChI is InChI=1S/C21H22BrNO4/c1-3-26-21(25)18-12-13-23(19-7-5-4-6-17(18)19)20(24)14(2)27-16-10-8-15(22)9-11-16/h4-11,14,18H,3,12-13H2,1-2H3/t14-,18+/m1/s1. The van der Waals surface area contributed by atoms with Crippen LogP contribution in [0.3, 0.4) is 0 Å². The molecule has 0 radical (unpaired) electrons. The number of carbonyl (C=O) groups excluding carboxylic acids is 2. The summed E-state index contributed by atoms with van der Waals surface area (Å²) in [5.74, 6) is -0.0782. The highest BCUT2D eigenvalue weighted by atomic mass is 79.9. The highest BCUT2D eigenvalue weighted by Crippen LogP contribution is 2.36. The molecule has 0 N–H and O–H groups in total. The van der Waals surface area contributed by atoms with Crippen LogP contribution >= 0.6 is 15.9 Å². The third kappa shape index (κ3) is 4.33. The third-order valence-electron chi connectivity index (χ3n) is 4.56. The molecule has 2 atom stereocenters. The van der Waals surface area contributed by atoms with Gasteiger partial charge in [-0.25, -0.2) is 0 Å². The smallest absolute Gasteiger partial charge is 0.313 e. The Bertz CT molecular complexity index is 821. The van der Waals surface area contributed by atoms with Crippen LogP contribution in [0.25, 0.3) is 0 Å². The number of carbonyl (C=O) groups is 2. The van der Waals surface area contributed by atoms with Crippen LogP contribution in [0.4, 0.5) is 5.69 Å². The lowest BCUT2D eigenvalue weighted by Crippen LogP contribution is -2.44. The average molecular weight is 432 g/mol. The topological polar surface area (TPSA) is 55.8 Å². The Morgan fingerprint density at radius 2 is 1.89 bits per heavy atom. The number of hydrogen-bond acceptors (Lipinski definition) is 4. The highest BCUT2D eigenvalue weighted by Gasteiger charge is 2.35. The molecule has 2 aromatic carbocycles. The van der Waals surface area contributed by atoms with E-state index >= 15 is 0 Å². The van der Waals surface area contributed by atoms with Gasteiger partial charge in [0.05, 0.1) is 12.5 Å². The number of esters is 1. The van der Waals surface area contributed by atoms with Crippen LogP contribution in [0.1, 0.15) is 31.7 Å². The van der Waals surface area contributed by atoms with Crippen molar-refractivity contribution in [1.82, 2.24) is 0 Å². The summed E-state index contributed by atoms with van der Waals surface area (Å²) in [5, 5.41) is 0. The Morgan fingerprint density at radius 1 is 1.19 bits per heavy atom. The fourth-order valence-electron chi connectivity index (χ4n) is 3.27. The zero-order chi connectivity index (χ0) is 19.4. The van der Waals surface area contributed by atoms with Crippen LogP contribution in [0.15, 0.2) is 53.0 Å². The van der Waals surface area contributed by atoms with Crippen LogP contribution in [0, 0.1) is 0 Å². The van der Waals surface area contributed by atoms with E-state index in [9.17, 15) is 9.59 Å². The molecule has 0 saturated carbocycles. The molecule has 0 aromatic heterocycles. The summed E-state index contributed by atoms with van der Waals surface area (Å²) in [6, 6.07) is 14.9. The minimum Gasteiger partial charge on any atom is -0.481 e. The molecule has 1 heterocycles. The van der Waals surface area contributed by atoms with E-state index in [1.165, 1.54) is 0 Å². The van der Waals surface area contributed by atoms with Crippen molar-refractivity contribution in [3.63, 3.8) is 0 Å². The molecular weight excluding hydrogens is 410 g/mol. The predicted octanol–water partition coefficient (Wildman–Crippen LogP) is 4.30. The molecule has 0 unspecified atom stereocenters. The monoisotopic (exact) mass is 431 g/mol. The number of fused-ring (bicyclic) bond motifs is 1. The summed E-state index contributed by atoms with van der Waals surface area (Å²) >= 11 is 3.38. The van der Waals surface area contributed by atoms with Gasteiger partial charge in [0.25, 0.3) is 5.91 Å². The summed E-state index contributed by atoms with van der Waals surface area (Å²) in [4.78, 5) is 27.0. The molecule has 0 fully saturated rings. The summed E-state index contributed by atoms with van der Waals surface area (Å²) < 4.78 is 12.0.